The van der Waals surface area contributed by atoms with Gasteiger partial charge in [-0.2, -0.15) is 0 Å². The third kappa shape index (κ3) is 2.94. The Kier molecular flexibility index (Phi) is 4.40. The standard InChI is InChI=1S/C31H23N/c1-22-11-10-17-26(31(22)23-12-4-2-5-13-23)24-19-20-30-28(21-24)27-16-8-9-18-29(27)32(30)25-14-6-3-7-15-25/h2-21H,1H3. The molecule has 5 aromatic carbocycles. The van der Waals surface area contributed by atoms with E-state index in [1.165, 1.54) is 55.3 Å². The maximum absolute atomic E-state index is 2.36. The van der Waals surface area contributed by atoms with Crippen molar-refractivity contribution in [1.29, 1.82) is 0 Å². The third-order valence-electron chi connectivity index (χ3n) is 6.33. The van der Waals surface area contributed by atoms with Gasteiger partial charge in [-0.1, -0.05) is 91.0 Å². The molecule has 1 nitrogen and oxygen atoms in total. The smallest absolute Gasteiger partial charge is 0.0541 e. The average molecular weight is 410 g/mol. The lowest BCUT2D eigenvalue weighted by Gasteiger charge is -2.14. The van der Waals surface area contributed by atoms with Crippen LogP contribution in [0.15, 0.2) is 121 Å². The molecule has 6 rings (SSSR count). The first-order valence-electron chi connectivity index (χ1n) is 11.1. The van der Waals surface area contributed by atoms with Crippen LogP contribution in [-0.2, 0) is 0 Å². The topological polar surface area (TPSA) is 4.93 Å². The van der Waals surface area contributed by atoms with Crippen molar-refractivity contribution in [3.63, 3.8) is 0 Å². The van der Waals surface area contributed by atoms with Gasteiger partial charge in [-0.3, -0.25) is 0 Å². The SMILES string of the molecule is Cc1cccc(-c2ccc3c(c2)c2ccccc2n3-c2ccccc2)c1-c1ccccc1. The van der Waals surface area contributed by atoms with Gasteiger partial charge in [0.2, 0.25) is 0 Å². The highest BCUT2D eigenvalue weighted by atomic mass is 15.0. The van der Waals surface area contributed by atoms with Gasteiger partial charge in [0.15, 0.2) is 0 Å². The second-order valence-corrected chi connectivity index (χ2v) is 8.28. The molecule has 0 spiro atoms. The summed E-state index contributed by atoms with van der Waals surface area (Å²) in [6.07, 6.45) is 0. The molecule has 0 unspecified atom stereocenters. The number of benzene rings is 5. The molecular formula is C31H23N. The minimum Gasteiger partial charge on any atom is -0.309 e. The lowest BCUT2D eigenvalue weighted by molar-refractivity contribution is 1.18. The normalized spacial score (nSPS) is 11.3. The molecule has 1 heteroatoms. The van der Waals surface area contributed by atoms with E-state index in [1.807, 2.05) is 0 Å². The van der Waals surface area contributed by atoms with E-state index >= 15 is 0 Å². The summed E-state index contributed by atoms with van der Waals surface area (Å²) in [5, 5.41) is 2.56. The summed E-state index contributed by atoms with van der Waals surface area (Å²) in [6.45, 7) is 2.20. The second-order valence-electron chi connectivity index (χ2n) is 8.28. The van der Waals surface area contributed by atoms with Crippen LogP contribution in [0, 0.1) is 6.92 Å². The molecule has 0 atom stereocenters. The van der Waals surface area contributed by atoms with E-state index in [0.717, 1.165) is 0 Å². The molecule has 32 heavy (non-hydrogen) atoms. The van der Waals surface area contributed by atoms with E-state index in [9.17, 15) is 0 Å². The van der Waals surface area contributed by atoms with Gasteiger partial charge in [0.05, 0.1) is 11.0 Å². The van der Waals surface area contributed by atoms with Gasteiger partial charge in [-0.15, -0.1) is 0 Å². The Hall–Kier alpha value is -4.10. The number of hydrogen-bond acceptors (Lipinski definition) is 0. The van der Waals surface area contributed by atoms with Crippen LogP contribution in [0.25, 0.3) is 49.7 Å². The number of para-hydroxylation sites is 2. The van der Waals surface area contributed by atoms with Crippen molar-refractivity contribution in [3.8, 4) is 27.9 Å². The summed E-state index contributed by atoms with van der Waals surface area (Å²) in [5.74, 6) is 0. The summed E-state index contributed by atoms with van der Waals surface area (Å²) < 4.78 is 2.36. The Bertz CT molecular complexity index is 1560. The van der Waals surface area contributed by atoms with Crippen LogP contribution in [-0.4, -0.2) is 4.57 Å². The van der Waals surface area contributed by atoms with Gasteiger partial charge in [0, 0.05) is 16.5 Å². The monoisotopic (exact) mass is 409 g/mol. The quantitative estimate of drug-likeness (QED) is 0.276. The summed E-state index contributed by atoms with van der Waals surface area (Å²) in [7, 11) is 0. The molecule has 0 fully saturated rings. The van der Waals surface area contributed by atoms with Crippen molar-refractivity contribution in [2.45, 2.75) is 6.92 Å². The lowest BCUT2D eigenvalue weighted by atomic mass is 9.90. The van der Waals surface area contributed by atoms with Crippen molar-refractivity contribution in [2.75, 3.05) is 0 Å². The van der Waals surface area contributed by atoms with Crippen molar-refractivity contribution in [2.24, 2.45) is 0 Å². The Labute approximate surface area is 188 Å². The molecule has 0 aliphatic heterocycles. The summed E-state index contributed by atoms with van der Waals surface area (Å²) in [5.41, 5.74) is 10.0. The van der Waals surface area contributed by atoms with Gasteiger partial charge in [-0.25, -0.2) is 0 Å². The number of hydrogen-bond donors (Lipinski definition) is 0. The number of aromatic nitrogens is 1. The van der Waals surface area contributed by atoms with Crippen LogP contribution in [0.2, 0.25) is 0 Å². The molecular weight excluding hydrogens is 386 g/mol. The average Bonchev–Trinajstić information content (AvgIpc) is 3.19. The fourth-order valence-corrected chi connectivity index (χ4v) is 4.89. The predicted molar refractivity (Wildman–Crippen MR) is 136 cm³/mol. The maximum atomic E-state index is 2.36. The molecule has 0 radical (unpaired) electrons. The Morgan fingerprint density at radius 1 is 0.500 bits per heavy atom. The molecule has 0 bridgehead atoms. The van der Waals surface area contributed by atoms with Crippen LogP contribution in [0.1, 0.15) is 5.56 Å². The first-order valence-corrected chi connectivity index (χ1v) is 11.1. The zero-order valence-electron chi connectivity index (χ0n) is 18.0. The number of rotatable bonds is 3. The maximum Gasteiger partial charge on any atom is 0.0541 e. The van der Waals surface area contributed by atoms with Crippen molar-refractivity contribution < 1.29 is 0 Å². The highest BCUT2D eigenvalue weighted by Gasteiger charge is 2.15. The molecule has 0 amide bonds. The van der Waals surface area contributed by atoms with Crippen LogP contribution >= 0.6 is 0 Å². The molecule has 0 aliphatic carbocycles. The highest BCUT2D eigenvalue weighted by molar-refractivity contribution is 6.10. The van der Waals surface area contributed by atoms with E-state index in [-0.39, 0.29) is 0 Å². The second kappa shape index (κ2) is 7.55. The zero-order chi connectivity index (χ0) is 21.5. The van der Waals surface area contributed by atoms with E-state index in [1.54, 1.807) is 0 Å². The van der Waals surface area contributed by atoms with Gasteiger partial charge < -0.3 is 4.57 Å². The van der Waals surface area contributed by atoms with Gasteiger partial charge in [0.1, 0.15) is 0 Å². The Morgan fingerprint density at radius 3 is 2.00 bits per heavy atom. The van der Waals surface area contributed by atoms with E-state index < -0.39 is 0 Å². The summed E-state index contributed by atoms with van der Waals surface area (Å²) >= 11 is 0. The molecule has 1 heterocycles. The fourth-order valence-electron chi connectivity index (χ4n) is 4.89. The van der Waals surface area contributed by atoms with Gasteiger partial charge in [0.25, 0.3) is 0 Å². The molecule has 0 saturated heterocycles. The predicted octanol–water partition coefficient (Wildman–Crippen LogP) is 8.43. The molecule has 0 saturated carbocycles. The largest absolute Gasteiger partial charge is 0.309 e. The van der Waals surface area contributed by atoms with Crippen molar-refractivity contribution in [3.05, 3.63) is 127 Å². The first kappa shape index (κ1) is 18.7. The number of fused-ring (bicyclic) bond motifs is 3. The fraction of sp³-hybridized carbons (Fsp3) is 0.0323. The van der Waals surface area contributed by atoms with Crippen LogP contribution in [0.5, 0.6) is 0 Å². The Morgan fingerprint density at radius 2 is 1.19 bits per heavy atom. The van der Waals surface area contributed by atoms with Crippen molar-refractivity contribution in [1.82, 2.24) is 4.57 Å². The van der Waals surface area contributed by atoms with Crippen LogP contribution in [0.3, 0.4) is 0 Å². The van der Waals surface area contributed by atoms with E-state index in [4.69, 9.17) is 0 Å². The van der Waals surface area contributed by atoms with Gasteiger partial charge >= 0.3 is 0 Å². The van der Waals surface area contributed by atoms with Crippen molar-refractivity contribution >= 4 is 21.8 Å². The molecule has 0 N–H and O–H groups in total. The van der Waals surface area contributed by atoms with Crippen LogP contribution in [0.4, 0.5) is 0 Å². The zero-order valence-corrected chi connectivity index (χ0v) is 18.0. The minimum atomic E-state index is 1.19. The van der Waals surface area contributed by atoms with E-state index in [2.05, 4.69) is 133 Å². The Balaban J connectivity index is 1.64. The summed E-state index contributed by atoms with van der Waals surface area (Å²) in [6, 6.07) is 43.5. The third-order valence-corrected chi connectivity index (χ3v) is 6.33. The number of aryl methyl sites for hydroxylation is 1. The minimum absolute atomic E-state index is 1.19. The summed E-state index contributed by atoms with van der Waals surface area (Å²) in [4.78, 5) is 0. The highest BCUT2D eigenvalue weighted by Crippen LogP contribution is 2.38. The number of nitrogens with zero attached hydrogens (tertiary/aromatic N) is 1. The van der Waals surface area contributed by atoms with E-state index in [0.29, 0.717) is 0 Å². The first-order chi connectivity index (χ1) is 15.8. The lowest BCUT2D eigenvalue weighted by Crippen LogP contribution is -1.93. The molecule has 152 valence electrons. The molecule has 1 aromatic heterocycles. The molecule has 0 aliphatic rings. The van der Waals surface area contributed by atoms with Gasteiger partial charge in [-0.05, 0) is 65.1 Å². The van der Waals surface area contributed by atoms with Crippen LogP contribution < -0.4 is 0 Å². The molecule has 6 aromatic rings.